The van der Waals surface area contributed by atoms with Gasteiger partial charge in [0.2, 0.25) is 0 Å². The second-order valence-corrected chi connectivity index (χ2v) is 8.55. The third-order valence-corrected chi connectivity index (χ3v) is 5.94. The largest absolute Gasteiger partial charge is 0.493 e. The molecular weight excluding hydrogens is 418 g/mol. The predicted octanol–water partition coefficient (Wildman–Crippen LogP) is 4.26. The molecule has 2 aliphatic heterocycles. The lowest BCUT2D eigenvalue weighted by molar-refractivity contribution is -0.144. The molecule has 1 atom stereocenters. The van der Waals surface area contributed by atoms with E-state index in [9.17, 15) is 9.59 Å². The van der Waals surface area contributed by atoms with Crippen molar-refractivity contribution in [1.29, 1.82) is 0 Å². The van der Waals surface area contributed by atoms with Crippen LogP contribution in [0.2, 0.25) is 0 Å². The van der Waals surface area contributed by atoms with Crippen LogP contribution < -0.4 is 10.1 Å². The van der Waals surface area contributed by atoms with Crippen LogP contribution in [0, 0.1) is 5.92 Å². The van der Waals surface area contributed by atoms with Crippen LogP contribution in [0.1, 0.15) is 54.1 Å². The second kappa shape index (κ2) is 11.0. The molecule has 7 nitrogen and oxygen atoms in total. The zero-order valence-corrected chi connectivity index (χ0v) is 19.1. The van der Waals surface area contributed by atoms with Crippen LogP contribution in [-0.4, -0.2) is 49.4 Å². The monoisotopic (exact) mass is 449 g/mol. The molecule has 33 heavy (non-hydrogen) atoms. The maximum Gasteiger partial charge on any atom is 0.306 e. The summed E-state index contributed by atoms with van der Waals surface area (Å²) >= 11 is 0. The Bertz CT molecular complexity index is 997. The highest BCUT2D eigenvalue weighted by atomic mass is 16.5. The number of ether oxygens (including phenoxy) is 2. The molecule has 0 bridgehead atoms. The van der Waals surface area contributed by atoms with Crippen molar-refractivity contribution in [1.82, 2.24) is 5.01 Å². The van der Waals surface area contributed by atoms with Gasteiger partial charge in [-0.15, -0.1) is 0 Å². The Morgan fingerprint density at radius 2 is 1.94 bits per heavy atom. The number of benzene rings is 2. The zero-order chi connectivity index (χ0) is 23.0. The van der Waals surface area contributed by atoms with Crippen molar-refractivity contribution in [2.24, 2.45) is 11.0 Å². The number of piperidine rings is 1. The number of carbonyl (C=O) groups is 2. The van der Waals surface area contributed by atoms with Crippen molar-refractivity contribution in [2.75, 3.05) is 31.6 Å². The van der Waals surface area contributed by atoms with Crippen molar-refractivity contribution >= 4 is 23.8 Å². The maximum absolute atomic E-state index is 12.8. The molecule has 0 saturated carbocycles. The van der Waals surface area contributed by atoms with E-state index in [2.05, 4.69) is 15.4 Å². The van der Waals surface area contributed by atoms with E-state index in [0.717, 1.165) is 35.7 Å². The minimum absolute atomic E-state index is 0.0500. The summed E-state index contributed by atoms with van der Waals surface area (Å²) in [6.07, 6.45) is 6.54. The van der Waals surface area contributed by atoms with Gasteiger partial charge >= 0.3 is 5.97 Å². The number of hydrogen-bond acceptors (Lipinski definition) is 6. The first-order valence-corrected chi connectivity index (χ1v) is 11.7. The molecule has 2 aromatic carbocycles. The first-order chi connectivity index (χ1) is 16.1. The summed E-state index contributed by atoms with van der Waals surface area (Å²) < 4.78 is 10.8. The number of nitrogens with one attached hydrogen (secondary N) is 1. The van der Waals surface area contributed by atoms with Crippen LogP contribution in [0.5, 0.6) is 5.75 Å². The molecule has 4 rings (SSSR count). The number of hydrazone groups is 1. The summed E-state index contributed by atoms with van der Waals surface area (Å²) in [5.74, 6) is 0.422. The highest BCUT2D eigenvalue weighted by Gasteiger charge is 2.24. The molecule has 0 aromatic heterocycles. The minimum Gasteiger partial charge on any atom is -0.493 e. The highest BCUT2D eigenvalue weighted by Crippen LogP contribution is 2.30. The second-order valence-electron chi connectivity index (χ2n) is 8.55. The number of nitrogens with zero attached hydrogens (tertiary/aromatic N) is 2. The van der Waals surface area contributed by atoms with E-state index in [1.54, 1.807) is 13.0 Å². The molecule has 2 aromatic rings. The molecule has 0 aliphatic carbocycles. The molecule has 174 valence electrons. The Kier molecular flexibility index (Phi) is 7.60. The number of hydrogen-bond donors (Lipinski definition) is 1. The van der Waals surface area contributed by atoms with Crippen molar-refractivity contribution in [3.63, 3.8) is 0 Å². The van der Waals surface area contributed by atoms with Gasteiger partial charge in [-0.1, -0.05) is 12.1 Å². The topological polar surface area (TPSA) is 80.2 Å². The van der Waals surface area contributed by atoms with Crippen LogP contribution in [0.15, 0.2) is 47.6 Å². The summed E-state index contributed by atoms with van der Waals surface area (Å²) in [7, 11) is 0. The predicted molar refractivity (Wildman–Crippen MR) is 128 cm³/mol. The van der Waals surface area contributed by atoms with E-state index < -0.39 is 0 Å². The number of anilines is 1. The molecule has 0 radical (unpaired) electrons. The van der Waals surface area contributed by atoms with Gasteiger partial charge in [0.25, 0.3) is 5.91 Å². The Hall–Kier alpha value is -3.35. The number of carbonyl (C=O) groups excluding carboxylic acids is 2. The lowest BCUT2D eigenvalue weighted by atomic mass is 9.93. The summed E-state index contributed by atoms with van der Waals surface area (Å²) in [6.45, 7) is 4.68. The molecule has 1 saturated heterocycles. The van der Waals surface area contributed by atoms with Crippen molar-refractivity contribution < 1.29 is 19.1 Å². The van der Waals surface area contributed by atoms with Crippen LogP contribution in [-0.2, 0) is 16.0 Å². The quantitative estimate of drug-likeness (QED) is 0.505. The highest BCUT2D eigenvalue weighted by molar-refractivity contribution is 6.04. The first-order valence-electron chi connectivity index (χ1n) is 11.7. The molecule has 1 N–H and O–H groups in total. The summed E-state index contributed by atoms with van der Waals surface area (Å²) in [6, 6.07) is 13.1. The number of esters is 1. The first kappa shape index (κ1) is 22.8. The lowest BCUT2D eigenvalue weighted by Gasteiger charge is -2.25. The number of rotatable bonds is 7. The van der Waals surface area contributed by atoms with E-state index in [0.29, 0.717) is 31.6 Å². The van der Waals surface area contributed by atoms with E-state index in [1.807, 2.05) is 42.6 Å². The Morgan fingerprint density at radius 3 is 2.70 bits per heavy atom. The summed E-state index contributed by atoms with van der Waals surface area (Å²) in [4.78, 5) is 24.6. The average molecular weight is 450 g/mol. The van der Waals surface area contributed by atoms with E-state index in [-0.39, 0.29) is 17.8 Å². The smallest absolute Gasteiger partial charge is 0.306 e. The average Bonchev–Trinajstić information content (AvgIpc) is 2.84. The van der Waals surface area contributed by atoms with Gasteiger partial charge in [-0.3, -0.25) is 14.6 Å². The van der Waals surface area contributed by atoms with Gasteiger partial charge in [0.05, 0.1) is 25.8 Å². The van der Waals surface area contributed by atoms with Crippen LogP contribution in [0.25, 0.3) is 0 Å². The third kappa shape index (κ3) is 6.34. The van der Waals surface area contributed by atoms with E-state index >= 15 is 0 Å². The minimum atomic E-state index is -0.215. The standard InChI is InChI=1S/C26H31N3O4/c1-2-32-25(30)15-20-14-22-16-21(8-11-24(22)33-18-20)26(31)28-23-9-6-19(7-10-23)17-27-29-12-4-3-5-13-29/h6-11,16-17,20H,2-5,12-15,18H2,1H3,(H,28,31)/b27-17+. The van der Waals surface area contributed by atoms with Gasteiger partial charge in [0, 0.05) is 30.3 Å². The summed E-state index contributed by atoms with van der Waals surface area (Å²) in [5, 5.41) is 9.60. The van der Waals surface area contributed by atoms with Crippen LogP contribution in [0.4, 0.5) is 5.69 Å². The van der Waals surface area contributed by atoms with Gasteiger partial charge in [0.15, 0.2) is 0 Å². The fraction of sp³-hybridized carbons (Fsp3) is 0.423. The van der Waals surface area contributed by atoms with Crippen molar-refractivity contribution in [3.8, 4) is 5.75 Å². The van der Waals surface area contributed by atoms with Gasteiger partial charge in [0.1, 0.15) is 5.75 Å². The Morgan fingerprint density at radius 1 is 1.15 bits per heavy atom. The molecule has 7 heteroatoms. The molecule has 1 fully saturated rings. The third-order valence-electron chi connectivity index (χ3n) is 5.94. The van der Waals surface area contributed by atoms with Crippen molar-refractivity contribution in [2.45, 2.75) is 39.0 Å². The fourth-order valence-electron chi connectivity index (χ4n) is 4.18. The van der Waals surface area contributed by atoms with Crippen LogP contribution in [0.3, 0.4) is 0 Å². The van der Waals surface area contributed by atoms with Gasteiger partial charge < -0.3 is 14.8 Å². The molecule has 1 amide bonds. The van der Waals surface area contributed by atoms with Crippen LogP contribution >= 0.6 is 0 Å². The zero-order valence-electron chi connectivity index (χ0n) is 19.1. The normalized spacial score (nSPS) is 17.8. The van der Waals surface area contributed by atoms with Gasteiger partial charge in [-0.05, 0) is 74.1 Å². The van der Waals surface area contributed by atoms with E-state index in [1.165, 1.54) is 19.3 Å². The SMILES string of the molecule is CCOC(=O)CC1COc2ccc(C(=O)Nc3ccc(/C=N/N4CCCCC4)cc3)cc2C1. The number of amides is 1. The van der Waals surface area contributed by atoms with Gasteiger partial charge in [-0.2, -0.15) is 5.10 Å². The fourth-order valence-corrected chi connectivity index (χ4v) is 4.18. The maximum atomic E-state index is 12.8. The summed E-state index contributed by atoms with van der Waals surface area (Å²) in [5.41, 5.74) is 3.22. The molecular formula is C26H31N3O4. The lowest BCUT2D eigenvalue weighted by Crippen LogP contribution is -2.25. The molecule has 1 unspecified atom stereocenters. The van der Waals surface area contributed by atoms with E-state index in [4.69, 9.17) is 9.47 Å². The Labute approximate surface area is 194 Å². The number of fused-ring (bicyclic) bond motifs is 1. The molecule has 2 aliphatic rings. The molecule has 2 heterocycles. The van der Waals surface area contributed by atoms with Gasteiger partial charge in [-0.25, -0.2) is 0 Å². The Balaban J connectivity index is 1.35. The van der Waals surface area contributed by atoms with Crippen molar-refractivity contribution in [3.05, 3.63) is 59.2 Å². The molecule has 0 spiro atoms.